The third-order valence-electron chi connectivity index (χ3n) is 13.7. The van der Waals surface area contributed by atoms with Gasteiger partial charge in [-0.3, -0.25) is 0 Å². The fraction of sp³-hybridized carbons (Fsp3) is 1.00. The first-order valence-electron chi connectivity index (χ1n) is 27.2. The molecule has 55 heavy (non-hydrogen) atoms. The Bertz CT molecular complexity index is 596. The molecule has 0 atom stereocenters. The van der Waals surface area contributed by atoms with Crippen LogP contribution in [-0.4, -0.2) is 24.6 Å². The fourth-order valence-corrected chi connectivity index (χ4v) is 15.3. The summed E-state index contributed by atoms with van der Waals surface area (Å²) in [4.78, 5) is 0. The maximum atomic E-state index is 2.34. The molecule has 0 aliphatic rings. The molecule has 0 spiro atoms. The Kier molecular flexibility index (Phi) is 49.2. The van der Waals surface area contributed by atoms with Crippen LogP contribution in [0.2, 0.25) is 0 Å². The van der Waals surface area contributed by atoms with E-state index in [1.165, 1.54) is 244 Å². The van der Waals surface area contributed by atoms with E-state index in [0.717, 1.165) is 0 Å². The summed E-state index contributed by atoms with van der Waals surface area (Å²) in [6.45, 7) is 9.36. The van der Waals surface area contributed by atoms with Gasteiger partial charge in [0.2, 0.25) is 0 Å². The van der Waals surface area contributed by atoms with Crippen LogP contribution in [0, 0.1) is 0 Å². The van der Waals surface area contributed by atoms with Crippen LogP contribution in [0.15, 0.2) is 0 Å². The first kappa shape index (κ1) is 55.4. The van der Waals surface area contributed by atoms with Crippen molar-refractivity contribution in [2.45, 2.75) is 323 Å². The Hall–Kier alpha value is 0.430. The molecule has 0 unspecified atom stereocenters. The molecule has 0 aromatic carbocycles. The zero-order valence-electron chi connectivity index (χ0n) is 39.9. The zero-order valence-corrected chi connectivity index (χ0v) is 40.9. The molecule has 0 fully saturated rings. The van der Waals surface area contributed by atoms with Gasteiger partial charge in [-0.2, -0.15) is 0 Å². The monoisotopic (exact) mass is 793 g/mol. The average molecular weight is 793 g/mol. The molecule has 0 aromatic heterocycles. The Balaban J connectivity index is 4.80. The van der Waals surface area contributed by atoms with Crippen LogP contribution in [0.4, 0.5) is 0 Å². The van der Waals surface area contributed by atoms with Gasteiger partial charge >= 0.3 is 316 Å². The van der Waals surface area contributed by atoms with Gasteiger partial charge in [-0.15, -0.1) is 0 Å². The molecule has 0 aromatic rings. The van der Waals surface area contributed by atoms with E-state index in [-0.39, 0.29) is 0 Å². The van der Waals surface area contributed by atoms with E-state index in [9.17, 15) is 0 Å². The number of hydrogen-bond donors (Lipinski definition) is 0. The molecule has 0 bridgehead atoms. The van der Waals surface area contributed by atoms with Gasteiger partial charge in [0, 0.05) is 0 Å². The molecule has 0 aliphatic carbocycles. The fourth-order valence-electron chi connectivity index (χ4n) is 9.76. The topological polar surface area (TPSA) is 0 Å². The minimum absolute atomic E-state index is 1.17. The van der Waals surface area contributed by atoms with Crippen LogP contribution in [0.3, 0.4) is 0 Å². The summed E-state index contributed by atoms with van der Waals surface area (Å²) in [5.74, 6) is 0. The van der Waals surface area contributed by atoms with E-state index in [1.807, 2.05) is 0 Å². The second-order valence-corrected chi connectivity index (χ2v) is 24.3. The predicted molar refractivity (Wildman–Crippen MR) is 263 cm³/mol. The van der Waals surface area contributed by atoms with Gasteiger partial charge < -0.3 is 0 Å². The molecular weight excluding hydrogens is 680 g/mol. The Morgan fingerprint density at radius 2 is 0.255 bits per heavy atom. The summed E-state index contributed by atoms with van der Waals surface area (Å²) < 4.78 is 0. The first-order valence-corrected chi connectivity index (χ1v) is 30.1. The van der Waals surface area contributed by atoms with E-state index < -0.39 is 7.26 Å². The van der Waals surface area contributed by atoms with Gasteiger partial charge in [-0.25, -0.2) is 0 Å². The molecule has 0 heterocycles. The van der Waals surface area contributed by atoms with Crippen molar-refractivity contribution in [1.29, 1.82) is 0 Å². The molecule has 1 heteroatoms. The molecule has 0 saturated heterocycles. The van der Waals surface area contributed by atoms with Gasteiger partial charge in [0.1, 0.15) is 0 Å². The van der Waals surface area contributed by atoms with Crippen LogP contribution < -0.4 is 0 Å². The van der Waals surface area contributed by atoms with E-state index in [4.69, 9.17) is 0 Å². The molecule has 0 amide bonds. The molecule has 0 rings (SSSR count). The van der Waals surface area contributed by atoms with Gasteiger partial charge in [0.25, 0.3) is 0 Å². The summed E-state index contributed by atoms with van der Waals surface area (Å²) in [6.07, 6.45) is 75.5. The molecule has 0 N–H and O–H groups in total. The van der Waals surface area contributed by atoms with Crippen molar-refractivity contribution in [2.75, 3.05) is 24.6 Å². The Morgan fingerprint density at radius 1 is 0.145 bits per heavy atom. The number of hydrogen-bond acceptors (Lipinski definition) is 0. The summed E-state index contributed by atoms with van der Waals surface area (Å²) in [5.41, 5.74) is 0. The van der Waals surface area contributed by atoms with Crippen molar-refractivity contribution < 1.29 is 0 Å². The van der Waals surface area contributed by atoms with Gasteiger partial charge in [0.05, 0.1) is 0 Å². The average Bonchev–Trinajstić information content (AvgIpc) is 3.19. The summed E-state index contributed by atoms with van der Waals surface area (Å²) in [6, 6.07) is 0. The van der Waals surface area contributed by atoms with Crippen LogP contribution in [-0.2, 0) is 0 Å². The van der Waals surface area contributed by atoms with Crippen molar-refractivity contribution in [3.63, 3.8) is 0 Å². The normalized spacial score (nSPS) is 12.3. The zero-order chi connectivity index (χ0) is 39.9. The van der Waals surface area contributed by atoms with E-state index in [1.54, 1.807) is 76.0 Å². The van der Waals surface area contributed by atoms with Crippen LogP contribution in [0.25, 0.3) is 0 Å². The SMILES string of the molecule is CCCCCCCCCCCCCCCCCC[PH](CCCCCCCCCCCC)(CCCCCCCCCCCC)CCCCCCCCCCCC. The van der Waals surface area contributed by atoms with Crippen molar-refractivity contribution in [2.24, 2.45) is 0 Å². The molecule has 0 saturated carbocycles. The van der Waals surface area contributed by atoms with Crippen LogP contribution in [0.5, 0.6) is 0 Å². The third kappa shape index (κ3) is 43.8. The molecule has 0 radical (unpaired) electrons. The predicted octanol–water partition coefficient (Wildman–Crippen LogP) is 20.8. The second kappa shape index (κ2) is 48.8. The molecule has 0 nitrogen and oxygen atoms in total. The van der Waals surface area contributed by atoms with Crippen LogP contribution in [0.1, 0.15) is 323 Å². The third-order valence-corrected chi connectivity index (χ3v) is 19.4. The molecule has 334 valence electrons. The van der Waals surface area contributed by atoms with Crippen molar-refractivity contribution in [1.82, 2.24) is 0 Å². The standard InChI is InChI=1S/C54H113P/c1-5-9-13-17-21-25-29-30-31-32-33-34-38-42-46-50-54-55(51-47-43-39-35-26-22-18-14-10-6-2,52-48-44-40-36-27-23-19-15-11-7-3)53-49-45-41-37-28-24-20-16-12-8-4/h55H,5-54H2,1-4H3. The van der Waals surface area contributed by atoms with Crippen molar-refractivity contribution in [3.05, 3.63) is 0 Å². The van der Waals surface area contributed by atoms with Crippen LogP contribution >= 0.6 is 7.26 Å². The Labute approximate surface area is 353 Å². The van der Waals surface area contributed by atoms with E-state index in [0.29, 0.717) is 0 Å². The van der Waals surface area contributed by atoms with E-state index in [2.05, 4.69) is 27.7 Å². The minimum atomic E-state index is -1.17. The van der Waals surface area contributed by atoms with E-state index >= 15 is 0 Å². The molecule has 0 aliphatic heterocycles. The Morgan fingerprint density at radius 3 is 0.382 bits per heavy atom. The molecular formula is C54H113P. The maximum absolute atomic E-state index is 2.34. The van der Waals surface area contributed by atoms with Crippen molar-refractivity contribution >= 4 is 7.26 Å². The van der Waals surface area contributed by atoms with Gasteiger partial charge in [-0.05, 0) is 0 Å². The number of rotatable bonds is 50. The summed E-state index contributed by atoms with van der Waals surface area (Å²) in [5, 5.41) is 0. The quantitative estimate of drug-likeness (QED) is 0.0425. The van der Waals surface area contributed by atoms with Gasteiger partial charge in [-0.1, -0.05) is 39.0 Å². The van der Waals surface area contributed by atoms with Gasteiger partial charge in [0.15, 0.2) is 0 Å². The second-order valence-electron chi connectivity index (χ2n) is 19.3. The number of unbranched alkanes of at least 4 members (excludes halogenated alkanes) is 42. The summed E-state index contributed by atoms with van der Waals surface area (Å²) >= 11 is 0. The summed E-state index contributed by atoms with van der Waals surface area (Å²) in [7, 11) is -1.17. The first-order chi connectivity index (χ1) is 27.2. The van der Waals surface area contributed by atoms with Crippen molar-refractivity contribution in [3.8, 4) is 0 Å².